The molecule has 0 atom stereocenters. The van der Waals surface area contributed by atoms with Gasteiger partial charge in [-0.15, -0.1) is 0 Å². The Balaban J connectivity index is 2.39. The topological polar surface area (TPSA) is 87.7 Å². The van der Waals surface area contributed by atoms with Crippen molar-refractivity contribution in [3.63, 3.8) is 0 Å². The van der Waals surface area contributed by atoms with Crippen LogP contribution in [0.15, 0.2) is 36.4 Å². The van der Waals surface area contributed by atoms with Crippen molar-refractivity contribution in [1.29, 1.82) is 0 Å². The van der Waals surface area contributed by atoms with Gasteiger partial charge >= 0.3 is 12.0 Å². The Bertz CT molecular complexity index is 514. The summed E-state index contributed by atoms with van der Waals surface area (Å²) in [5.41, 5.74) is 1.51. The maximum absolute atomic E-state index is 11.6. The second-order valence-corrected chi connectivity index (χ2v) is 4.65. The van der Waals surface area contributed by atoms with Crippen LogP contribution in [0.1, 0.15) is 19.8 Å². The maximum atomic E-state index is 11.6. The van der Waals surface area contributed by atoms with Crippen LogP contribution in [0.25, 0.3) is 0 Å². The van der Waals surface area contributed by atoms with Crippen molar-refractivity contribution in [2.45, 2.75) is 19.8 Å². The highest BCUT2D eigenvalue weighted by atomic mass is 16.5. The standard InChI is InChI=1S/C15H20N2O4/c1-11(2)10-21-13-6-3-5-12(9-13)17-15(20)16-8-4-7-14(18)19/h3,5-6,9H,1,4,7-8,10H2,2H3,(H,18,19)(H2,16,17,20). The van der Waals surface area contributed by atoms with Crippen LogP contribution in [-0.2, 0) is 4.79 Å². The third-order valence-corrected chi connectivity index (χ3v) is 2.43. The molecule has 0 aromatic heterocycles. The van der Waals surface area contributed by atoms with Gasteiger partial charge in [-0.25, -0.2) is 4.79 Å². The van der Waals surface area contributed by atoms with Gasteiger partial charge in [0.2, 0.25) is 0 Å². The van der Waals surface area contributed by atoms with E-state index in [1.165, 1.54) is 0 Å². The van der Waals surface area contributed by atoms with Gasteiger partial charge in [-0.3, -0.25) is 4.79 Å². The number of benzene rings is 1. The Morgan fingerprint density at radius 1 is 1.38 bits per heavy atom. The van der Waals surface area contributed by atoms with E-state index < -0.39 is 5.97 Å². The minimum atomic E-state index is -0.875. The smallest absolute Gasteiger partial charge is 0.319 e. The summed E-state index contributed by atoms with van der Waals surface area (Å²) in [6.07, 6.45) is 0.426. The molecule has 0 heterocycles. The van der Waals surface area contributed by atoms with E-state index in [0.717, 1.165) is 5.57 Å². The first-order chi connectivity index (χ1) is 9.97. The third-order valence-electron chi connectivity index (χ3n) is 2.43. The van der Waals surface area contributed by atoms with Crippen molar-refractivity contribution in [2.75, 3.05) is 18.5 Å². The molecule has 0 fully saturated rings. The first kappa shape index (κ1) is 16.6. The van der Waals surface area contributed by atoms with Crippen LogP contribution in [0.2, 0.25) is 0 Å². The number of urea groups is 1. The van der Waals surface area contributed by atoms with E-state index in [2.05, 4.69) is 17.2 Å². The number of rotatable bonds is 8. The van der Waals surface area contributed by atoms with E-state index in [-0.39, 0.29) is 12.5 Å². The number of aliphatic carboxylic acids is 1. The number of nitrogens with one attached hydrogen (secondary N) is 2. The number of carbonyl (C=O) groups is 2. The Labute approximate surface area is 123 Å². The van der Waals surface area contributed by atoms with Gasteiger partial charge in [0.1, 0.15) is 12.4 Å². The second-order valence-electron chi connectivity index (χ2n) is 4.65. The second kappa shape index (κ2) is 8.63. The van der Waals surface area contributed by atoms with Crippen LogP contribution in [-0.4, -0.2) is 30.3 Å². The molecular weight excluding hydrogens is 272 g/mol. The van der Waals surface area contributed by atoms with E-state index in [1.807, 2.05) is 6.92 Å². The molecule has 0 spiro atoms. The number of hydrogen-bond donors (Lipinski definition) is 3. The predicted octanol–water partition coefficient (Wildman–Crippen LogP) is 2.63. The third kappa shape index (κ3) is 7.61. The molecule has 6 nitrogen and oxygen atoms in total. The average Bonchev–Trinajstić information content (AvgIpc) is 2.41. The molecule has 0 radical (unpaired) electrons. The number of carboxylic acids is 1. The van der Waals surface area contributed by atoms with E-state index >= 15 is 0 Å². The lowest BCUT2D eigenvalue weighted by atomic mass is 10.3. The first-order valence-electron chi connectivity index (χ1n) is 6.61. The molecule has 21 heavy (non-hydrogen) atoms. The molecule has 0 aliphatic rings. The fraction of sp³-hybridized carbons (Fsp3) is 0.333. The quantitative estimate of drug-likeness (QED) is 0.507. The summed E-state index contributed by atoms with van der Waals surface area (Å²) in [7, 11) is 0. The highest BCUT2D eigenvalue weighted by Crippen LogP contribution is 2.17. The van der Waals surface area contributed by atoms with Gasteiger partial charge in [0.15, 0.2) is 0 Å². The van der Waals surface area contributed by atoms with Crippen LogP contribution in [0, 0.1) is 0 Å². The summed E-state index contributed by atoms with van der Waals surface area (Å²) in [5, 5.41) is 13.7. The largest absolute Gasteiger partial charge is 0.489 e. The van der Waals surface area contributed by atoms with Gasteiger partial charge < -0.3 is 20.5 Å². The van der Waals surface area contributed by atoms with E-state index in [0.29, 0.717) is 31.0 Å². The van der Waals surface area contributed by atoms with E-state index in [1.54, 1.807) is 24.3 Å². The molecule has 0 aliphatic carbocycles. The molecule has 0 unspecified atom stereocenters. The molecule has 3 N–H and O–H groups in total. The average molecular weight is 292 g/mol. The Kier molecular flexibility index (Phi) is 6.80. The summed E-state index contributed by atoms with van der Waals surface area (Å²) in [4.78, 5) is 21.9. The van der Waals surface area contributed by atoms with Gasteiger partial charge in [0, 0.05) is 24.7 Å². The van der Waals surface area contributed by atoms with Gasteiger partial charge in [-0.2, -0.15) is 0 Å². The summed E-state index contributed by atoms with van der Waals surface area (Å²) >= 11 is 0. The van der Waals surface area contributed by atoms with Crippen LogP contribution >= 0.6 is 0 Å². The monoisotopic (exact) mass is 292 g/mol. The van der Waals surface area contributed by atoms with Gasteiger partial charge in [-0.05, 0) is 31.1 Å². The summed E-state index contributed by atoms with van der Waals surface area (Å²) in [6.45, 7) is 6.35. The van der Waals surface area contributed by atoms with Crippen LogP contribution in [0.5, 0.6) is 5.75 Å². The molecule has 0 aliphatic heterocycles. The zero-order chi connectivity index (χ0) is 15.7. The zero-order valence-corrected chi connectivity index (χ0v) is 12.0. The van der Waals surface area contributed by atoms with Crippen molar-refractivity contribution in [3.8, 4) is 5.75 Å². The Hall–Kier alpha value is -2.50. The number of hydrogen-bond acceptors (Lipinski definition) is 3. The van der Waals surface area contributed by atoms with Crippen LogP contribution in [0.3, 0.4) is 0 Å². The van der Waals surface area contributed by atoms with Crippen molar-refractivity contribution in [1.82, 2.24) is 5.32 Å². The molecule has 1 aromatic carbocycles. The Morgan fingerprint density at radius 3 is 2.81 bits per heavy atom. The molecule has 2 amide bonds. The lowest BCUT2D eigenvalue weighted by Crippen LogP contribution is -2.29. The molecule has 0 bridgehead atoms. The van der Waals surface area contributed by atoms with Gasteiger partial charge in [0.25, 0.3) is 0 Å². The predicted molar refractivity (Wildman–Crippen MR) is 80.6 cm³/mol. The molecule has 1 rings (SSSR count). The van der Waals surface area contributed by atoms with Gasteiger partial charge in [-0.1, -0.05) is 12.6 Å². The number of amides is 2. The van der Waals surface area contributed by atoms with Gasteiger partial charge in [0.05, 0.1) is 0 Å². The zero-order valence-electron chi connectivity index (χ0n) is 12.0. The SMILES string of the molecule is C=C(C)COc1cccc(NC(=O)NCCCC(=O)O)c1. The highest BCUT2D eigenvalue weighted by molar-refractivity contribution is 5.89. The number of carboxylic acid groups (broad SMARTS) is 1. The van der Waals surface area contributed by atoms with Crippen molar-refractivity contribution in [3.05, 3.63) is 36.4 Å². The fourth-order valence-corrected chi connectivity index (χ4v) is 1.49. The molecule has 6 heteroatoms. The lowest BCUT2D eigenvalue weighted by Gasteiger charge is -2.10. The number of anilines is 1. The van der Waals surface area contributed by atoms with Crippen molar-refractivity contribution < 1.29 is 19.4 Å². The lowest BCUT2D eigenvalue weighted by molar-refractivity contribution is -0.137. The van der Waals surface area contributed by atoms with Crippen LogP contribution < -0.4 is 15.4 Å². The minimum Gasteiger partial charge on any atom is -0.489 e. The molecular formula is C15H20N2O4. The maximum Gasteiger partial charge on any atom is 0.319 e. The summed E-state index contributed by atoms with van der Waals surface area (Å²) in [5.74, 6) is -0.235. The first-order valence-corrected chi connectivity index (χ1v) is 6.61. The Morgan fingerprint density at radius 2 is 2.14 bits per heavy atom. The molecule has 1 aromatic rings. The summed E-state index contributed by atoms with van der Waals surface area (Å²) < 4.78 is 5.48. The molecule has 114 valence electrons. The minimum absolute atomic E-state index is 0.0323. The van der Waals surface area contributed by atoms with Crippen molar-refractivity contribution >= 4 is 17.7 Å². The fourth-order valence-electron chi connectivity index (χ4n) is 1.49. The molecule has 0 saturated carbocycles. The van der Waals surface area contributed by atoms with E-state index in [9.17, 15) is 9.59 Å². The van der Waals surface area contributed by atoms with E-state index in [4.69, 9.17) is 9.84 Å². The number of carbonyl (C=O) groups excluding carboxylic acids is 1. The summed E-state index contributed by atoms with van der Waals surface area (Å²) in [6, 6.07) is 6.63. The highest BCUT2D eigenvalue weighted by Gasteiger charge is 2.03. The molecule has 0 saturated heterocycles. The van der Waals surface area contributed by atoms with Crippen LogP contribution in [0.4, 0.5) is 10.5 Å². The normalized spacial score (nSPS) is 9.76. The van der Waals surface area contributed by atoms with Crippen molar-refractivity contribution in [2.24, 2.45) is 0 Å². The number of ether oxygens (including phenoxy) is 1.